The number of rotatable bonds is 8. The topological polar surface area (TPSA) is 71.5 Å². The maximum absolute atomic E-state index is 11.1. The molecular weight excluding hydrogens is 244 g/mol. The lowest BCUT2D eigenvalue weighted by Crippen LogP contribution is -2.29. The molecule has 1 aromatic heterocycles. The van der Waals surface area contributed by atoms with Gasteiger partial charge in [-0.25, -0.2) is 4.98 Å². The predicted octanol–water partition coefficient (Wildman–Crippen LogP) is 1.93. The van der Waals surface area contributed by atoms with Gasteiger partial charge in [-0.05, 0) is 17.9 Å². The summed E-state index contributed by atoms with van der Waals surface area (Å²) < 4.78 is 4.98. The molecule has 0 aromatic carbocycles. The summed E-state index contributed by atoms with van der Waals surface area (Å²) in [5, 5.41) is 12.3. The van der Waals surface area contributed by atoms with Crippen molar-refractivity contribution in [1.29, 1.82) is 0 Å². The van der Waals surface area contributed by atoms with Crippen LogP contribution in [-0.4, -0.2) is 29.7 Å². The van der Waals surface area contributed by atoms with Crippen LogP contribution in [0.25, 0.3) is 0 Å². The zero-order valence-electron chi connectivity index (χ0n) is 11.7. The van der Waals surface area contributed by atoms with Crippen LogP contribution in [-0.2, 0) is 11.3 Å². The van der Waals surface area contributed by atoms with Gasteiger partial charge in [-0.1, -0.05) is 19.9 Å². The summed E-state index contributed by atoms with van der Waals surface area (Å²) in [6.07, 6.45) is 2.41. The molecule has 0 fully saturated rings. The fourth-order valence-electron chi connectivity index (χ4n) is 1.87. The van der Waals surface area contributed by atoms with E-state index in [9.17, 15) is 4.79 Å². The van der Waals surface area contributed by atoms with Gasteiger partial charge in [0.2, 0.25) is 5.88 Å². The summed E-state index contributed by atoms with van der Waals surface area (Å²) in [6, 6.07) is 3.71. The summed E-state index contributed by atoms with van der Waals surface area (Å²) in [5.41, 5.74) is 1.01. The number of ether oxygens (including phenoxy) is 1. The smallest absolute Gasteiger partial charge is 0.307 e. The van der Waals surface area contributed by atoms with E-state index in [4.69, 9.17) is 9.84 Å². The number of hydrogen-bond acceptors (Lipinski definition) is 4. The van der Waals surface area contributed by atoms with Crippen LogP contribution in [0.4, 0.5) is 0 Å². The average molecular weight is 266 g/mol. The van der Waals surface area contributed by atoms with Crippen LogP contribution < -0.4 is 10.1 Å². The third-order valence-electron chi connectivity index (χ3n) is 2.83. The Hall–Kier alpha value is -1.62. The first-order valence-corrected chi connectivity index (χ1v) is 6.45. The summed E-state index contributed by atoms with van der Waals surface area (Å²) in [7, 11) is 1.57. The summed E-state index contributed by atoms with van der Waals surface area (Å²) in [5.74, 6) is -0.127. The Morgan fingerprint density at radius 3 is 2.68 bits per heavy atom. The molecule has 1 rings (SSSR count). The lowest BCUT2D eigenvalue weighted by molar-refractivity contribution is -0.142. The molecule has 0 amide bonds. The molecule has 0 aliphatic carbocycles. The van der Waals surface area contributed by atoms with Crippen molar-refractivity contribution in [3.63, 3.8) is 0 Å². The van der Waals surface area contributed by atoms with E-state index < -0.39 is 5.97 Å². The van der Waals surface area contributed by atoms with Gasteiger partial charge in [0.05, 0.1) is 13.0 Å². The number of carboxylic acid groups (broad SMARTS) is 1. The number of carboxylic acids is 1. The average Bonchev–Trinajstić information content (AvgIpc) is 2.37. The summed E-state index contributed by atoms with van der Waals surface area (Å²) >= 11 is 0. The lowest BCUT2D eigenvalue weighted by Gasteiger charge is -2.15. The third-order valence-corrected chi connectivity index (χ3v) is 2.83. The minimum Gasteiger partial charge on any atom is -0.481 e. The van der Waals surface area contributed by atoms with Crippen molar-refractivity contribution in [3.8, 4) is 5.88 Å². The molecule has 106 valence electrons. The molecule has 1 heterocycles. The number of methoxy groups -OCH3 is 1. The van der Waals surface area contributed by atoms with Crippen molar-refractivity contribution in [2.45, 2.75) is 26.8 Å². The van der Waals surface area contributed by atoms with Crippen molar-refractivity contribution in [2.24, 2.45) is 11.8 Å². The number of nitrogens with one attached hydrogen (secondary N) is 1. The molecule has 0 saturated heterocycles. The number of carbonyl (C=O) groups is 1. The van der Waals surface area contributed by atoms with Gasteiger partial charge in [0.25, 0.3) is 0 Å². The number of aliphatic carboxylic acids is 1. The fraction of sp³-hybridized carbons (Fsp3) is 0.571. The molecular formula is C14H22N2O3. The Morgan fingerprint density at radius 2 is 2.21 bits per heavy atom. The third kappa shape index (κ3) is 5.70. The highest BCUT2D eigenvalue weighted by molar-refractivity contribution is 5.70. The van der Waals surface area contributed by atoms with Crippen LogP contribution in [0.5, 0.6) is 5.88 Å². The molecule has 0 radical (unpaired) electrons. The standard InChI is InChI=1S/C14H22N2O3/c1-10(2)6-12(14(17)18)9-15-7-11-4-5-13(19-3)16-8-11/h4-5,8,10,12,15H,6-7,9H2,1-3H3,(H,17,18). The van der Waals surface area contributed by atoms with Gasteiger partial charge in [-0.2, -0.15) is 0 Å². The highest BCUT2D eigenvalue weighted by Gasteiger charge is 2.18. The quantitative estimate of drug-likeness (QED) is 0.752. The molecule has 1 aromatic rings. The number of hydrogen-bond donors (Lipinski definition) is 2. The van der Waals surface area contributed by atoms with Crippen molar-refractivity contribution < 1.29 is 14.6 Å². The second kappa shape index (κ2) is 7.74. The fourth-order valence-corrected chi connectivity index (χ4v) is 1.87. The van der Waals surface area contributed by atoms with Gasteiger partial charge in [-0.3, -0.25) is 4.79 Å². The first-order valence-electron chi connectivity index (χ1n) is 6.45. The van der Waals surface area contributed by atoms with Crippen LogP contribution in [0.15, 0.2) is 18.3 Å². The van der Waals surface area contributed by atoms with E-state index in [1.165, 1.54) is 0 Å². The minimum absolute atomic E-state index is 0.341. The van der Waals surface area contributed by atoms with E-state index in [1.54, 1.807) is 19.4 Å². The number of aromatic nitrogens is 1. The lowest BCUT2D eigenvalue weighted by atomic mass is 9.97. The number of nitrogens with zero attached hydrogens (tertiary/aromatic N) is 1. The van der Waals surface area contributed by atoms with Gasteiger partial charge in [-0.15, -0.1) is 0 Å². The highest BCUT2D eigenvalue weighted by Crippen LogP contribution is 2.11. The van der Waals surface area contributed by atoms with Crippen LogP contribution in [0.3, 0.4) is 0 Å². The van der Waals surface area contributed by atoms with Crippen LogP contribution in [0.1, 0.15) is 25.8 Å². The second-order valence-corrected chi connectivity index (χ2v) is 5.00. The SMILES string of the molecule is COc1ccc(CNCC(CC(C)C)C(=O)O)cn1. The zero-order chi connectivity index (χ0) is 14.3. The van der Waals surface area contributed by atoms with Gasteiger partial charge in [0.1, 0.15) is 0 Å². The van der Waals surface area contributed by atoms with E-state index in [1.807, 2.05) is 19.9 Å². The van der Waals surface area contributed by atoms with Crippen LogP contribution in [0.2, 0.25) is 0 Å². The Morgan fingerprint density at radius 1 is 1.47 bits per heavy atom. The highest BCUT2D eigenvalue weighted by atomic mass is 16.5. The predicted molar refractivity (Wildman–Crippen MR) is 73.1 cm³/mol. The van der Waals surface area contributed by atoms with Gasteiger partial charge in [0, 0.05) is 25.4 Å². The monoisotopic (exact) mass is 266 g/mol. The Bertz CT molecular complexity index is 390. The maximum Gasteiger partial charge on any atom is 0.307 e. The second-order valence-electron chi connectivity index (χ2n) is 5.00. The number of pyridine rings is 1. The molecule has 5 nitrogen and oxygen atoms in total. The molecule has 0 aliphatic heterocycles. The van der Waals surface area contributed by atoms with Crippen molar-refractivity contribution in [1.82, 2.24) is 10.3 Å². The molecule has 5 heteroatoms. The summed E-state index contributed by atoms with van der Waals surface area (Å²) in [6.45, 7) is 5.14. The molecule has 2 N–H and O–H groups in total. The molecule has 0 bridgehead atoms. The molecule has 0 saturated carbocycles. The minimum atomic E-state index is -0.742. The van der Waals surface area contributed by atoms with E-state index in [0.29, 0.717) is 31.3 Å². The molecule has 19 heavy (non-hydrogen) atoms. The van der Waals surface area contributed by atoms with E-state index >= 15 is 0 Å². The van der Waals surface area contributed by atoms with Crippen molar-refractivity contribution >= 4 is 5.97 Å². The van der Waals surface area contributed by atoms with E-state index in [0.717, 1.165) is 5.56 Å². The maximum atomic E-state index is 11.1. The van der Waals surface area contributed by atoms with Gasteiger partial charge >= 0.3 is 5.97 Å². The van der Waals surface area contributed by atoms with Gasteiger partial charge < -0.3 is 15.2 Å². The van der Waals surface area contributed by atoms with Gasteiger partial charge in [0.15, 0.2) is 0 Å². The zero-order valence-corrected chi connectivity index (χ0v) is 11.7. The summed E-state index contributed by atoms with van der Waals surface area (Å²) in [4.78, 5) is 15.2. The Balaban J connectivity index is 2.40. The first kappa shape index (κ1) is 15.4. The van der Waals surface area contributed by atoms with Crippen molar-refractivity contribution in [2.75, 3.05) is 13.7 Å². The van der Waals surface area contributed by atoms with Crippen molar-refractivity contribution in [3.05, 3.63) is 23.9 Å². The molecule has 1 unspecified atom stereocenters. The van der Waals surface area contributed by atoms with E-state index in [2.05, 4.69) is 10.3 Å². The largest absolute Gasteiger partial charge is 0.481 e. The Kier molecular flexibility index (Phi) is 6.29. The molecule has 0 aliphatic rings. The Labute approximate surface area is 114 Å². The molecule has 0 spiro atoms. The first-order chi connectivity index (χ1) is 9.02. The molecule has 1 atom stereocenters. The normalized spacial score (nSPS) is 12.4. The van der Waals surface area contributed by atoms with E-state index in [-0.39, 0.29) is 5.92 Å². The van der Waals surface area contributed by atoms with Crippen LogP contribution >= 0.6 is 0 Å². The van der Waals surface area contributed by atoms with Crippen LogP contribution in [0, 0.1) is 11.8 Å².